The second kappa shape index (κ2) is 8.27. The lowest BCUT2D eigenvalue weighted by Crippen LogP contribution is -2.49. The molecule has 0 aromatic heterocycles. The number of benzene rings is 2. The predicted octanol–water partition coefficient (Wildman–Crippen LogP) is 1.43. The van der Waals surface area contributed by atoms with E-state index < -0.39 is 29.0 Å². The van der Waals surface area contributed by atoms with Gasteiger partial charge in [-0.15, -0.1) is 0 Å². The standard InChI is InChI=1S/C20H21N3O4/c1-20(2,23-19(27)17(21)25)12-13-8-10-15(11-9-13)22-18(26)16(24)14-6-4-3-5-7-14/h3-11H,12H2,1-2H3,(H2,21,25)(H,22,26)(H,23,27). The largest absolute Gasteiger partial charge is 0.361 e. The van der Waals surface area contributed by atoms with Crippen molar-refractivity contribution in [2.45, 2.75) is 25.8 Å². The van der Waals surface area contributed by atoms with Gasteiger partial charge in [-0.2, -0.15) is 0 Å². The van der Waals surface area contributed by atoms with Crippen molar-refractivity contribution in [3.05, 3.63) is 65.7 Å². The summed E-state index contributed by atoms with van der Waals surface area (Å²) in [5.74, 6) is -3.22. The zero-order valence-electron chi connectivity index (χ0n) is 15.1. The van der Waals surface area contributed by atoms with Gasteiger partial charge in [0.1, 0.15) is 0 Å². The zero-order valence-corrected chi connectivity index (χ0v) is 15.1. The van der Waals surface area contributed by atoms with Gasteiger partial charge in [0.2, 0.25) is 0 Å². The van der Waals surface area contributed by atoms with E-state index in [0.29, 0.717) is 17.7 Å². The topological polar surface area (TPSA) is 118 Å². The fraction of sp³-hybridized carbons (Fsp3) is 0.200. The van der Waals surface area contributed by atoms with Gasteiger partial charge in [0.25, 0.3) is 11.7 Å². The molecule has 0 radical (unpaired) electrons. The van der Waals surface area contributed by atoms with Gasteiger partial charge in [-0.3, -0.25) is 19.2 Å². The van der Waals surface area contributed by atoms with Gasteiger partial charge in [-0.1, -0.05) is 42.5 Å². The lowest BCUT2D eigenvalue weighted by molar-refractivity contribution is -0.138. The van der Waals surface area contributed by atoms with E-state index in [0.717, 1.165) is 5.56 Å². The molecule has 0 heterocycles. The van der Waals surface area contributed by atoms with Gasteiger partial charge in [0.15, 0.2) is 0 Å². The van der Waals surface area contributed by atoms with Crippen LogP contribution < -0.4 is 16.4 Å². The smallest absolute Gasteiger partial charge is 0.309 e. The number of Topliss-reactive ketones (excluding diaryl/α,β-unsaturated/α-hetero) is 1. The molecule has 4 N–H and O–H groups in total. The average Bonchev–Trinajstić information content (AvgIpc) is 2.62. The number of hydrogen-bond donors (Lipinski definition) is 3. The van der Waals surface area contributed by atoms with E-state index in [-0.39, 0.29) is 0 Å². The van der Waals surface area contributed by atoms with Crippen LogP contribution in [0.15, 0.2) is 54.6 Å². The predicted molar refractivity (Wildman–Crippen MR) is 101 cm³/mol. The molecule has 0 bridgehead atoms. The highest BCUT2D eigenvalue weighted by molar-refractivity contribution is 6.46. The third-order valence-electron chi connectivity index (χ3n) is 3.78. The number of carbonyl (C=O) groups excluding carboxylic acids is 4. The van der Waals surface area contributed by atoms with Crippen LogP contribution >= 0.6 is 0 Å². The normalized spacial score (nSPS) is 10.7. The Hall–Kier alpha value is -3.48. The Kier molecular flexibility index (Phi) is 6.07. The third kappa shape index (κ3) is 5.78. The van der Waals surface area contributed by atoms with E-state index >= 15 is 0 Å². The van der Waals surface area contributed by atoms with Gasteiger partial charge in [-0.05, 0) is 38.0 Å². The van der Waals surface area contributed by atoms with Gasteiger partial charge in [0.05, 0.1) is 0 Å². The van der Waals surface area contributed by atoms with Crippen molar-refractivity contribution in [3.8, 4) is 0 Å². The molecule has 0 aliphatic rings. The Bertz CT molecular complexity index is 859. The molecule has 3 amide bonds. The summed E-state index contributed by atoms with van der Waals surface area (Å²) >= 11 is 0. The molecule has 7 heteroatoms. The number of hydrogen-bond acceptors (Lipinski definition) is 4. The quantitative estimate of drug-likeness (QED) is 0.529. The van der Waals surface area contributed by atoms with Gasteiger partial charge >= 0.3 is 11.8 Å². The van der Waals surface area contributed by atoms with E-state index in [2.05, 4.69) is 10.6 Å². The summed E-state index contributed by atoms with van der Waals surface area (Å²) in [5, 5.41) is 5.11. The van der Waals surface area contributed by atoms with E-state index in [4.69, 9.17) is 5.73 Å². The third-order valence-corrected chi connectivity index (χ3v) is 3.78. The first kappa shape index (κ1) is 19.8. The van der Waals surface area contributed by atoms with Crippen LogP contribution in [0.4, 0.5) is 5.69 Å². The molecule has 140 valence electrons. The fourth-order valence-electron chi connectivity index (χ4n) is 2.54. The van der Waals surface area contributed by atoms with Crippen LogP contribution in [-0.2, 0) is 20.8 Å². The maximum atomic E-state index is 12.1. The molecule has 2 aromatic carbocycles. The molecular formula is C20H21N3O4. The highest BCUT2D eigenvalue weighted by Gasteiger charge is 2.23. The van der Waals surface area contributed by atoms with E-state index in [1.165, 1.54) is 0 Å². The molecule has 0 saturated heterocycles. The Morgan fingerprint density at radius 1 is 0.889 bits per heavy atom. The van der Waals surface area contributed by atoms with Crippen LogP contribution in [0.5, 0.6) is 0 Å². The average molecular weight is 367 g/mol. The summed E-state index contributed by atoms with van der Waals surface area (Å²) in [6.45, 7) is 3.53. The van der Waals surface area contributed by atoms with Gasteiger partial charge in [-0.25, -0.2) is 0 Å². The summed E-state index contributed by atoms with van der Waals surface area (Å²) in [6, 6.07) is 15.2. The second-order valence-electron chi connectivity index (χ2n) is 6.73. The molecule has 0 atom stereocenters. The molecule has 7 nitrogen and oxygen atoms in total. The van der Waals surface area contributed by atoms with Crippen LogP contribution in [0.2, 0.25) is 0 Å². The number of nitrogens with one attached hydrogen (secondary N) is 2. The molecule has 0 saturated carbocycles. The van der Waals surface area contributed by atoms with Gasteiger partial charge < -0.3 is 16.4 Å². The van der Waals surface area contributed by atoms with Crippen LogP contribution in [0.1, 0.15) is 29.8 Å². The fourth-order valence-corrected chi connectivity index (χ4v) is 2.54. The minimum atomic E-state index is -1.04. The van der Waals surface area contributed by atoms with Crippen molar-refractivity contribution in [2.24, 2.45) is 5.73 Å². The van der Waals surface area contributed by atoms with Crippen molar-refractivity contribution < 1.29 is 19.2 Å². The Labute approximate surface area is 156 Å². The molecule has 0 fully saturated rings. The number of primary amides is 1. The number of amides is 3. The number of carbonyl (C=O) groups is 4. The molecule has 0 unspecified atom stereocenters. The summed E-state index contributed by atoms with van der Waals surface area (Å²) in [5.41, 5.74) is 5.94. The van der Waals surface area contributed by atoms with Crippen LogP contribution in [0.3, 0.4) is 0 Å². The highest BCUT2D eigenvalue weighted by atomic mass is 16.2. The lowest BCUT2D eigenvalue weighted by Gasteiger charge is -2.25. The summed E-state index contributed by atoms with van der Waals surface area (Å²) in [7, 11) is 0. The Balaban J connectivity index is 1.98. The van der Waals surface area contributed by atoms with E-state index in [1.807, 2.05) is 0 Å². The van der Waals surface area contributed by atoms with Crippen molar-refractivity contribution in [1.82, 2.24) is 5.32 Å². The molecule has 2 rings (SSSR count). The Morgan fingerprint density at radius 2 is 1.48 bits per heavy atom. The maximum Gasteiger partial charge on any atom is 0.309 e. The zero-order chi connectivity index (χ0) is 20.0. The molecule has 27 heavy (non-hydrogen) atoms. The maximum absolute atomic E-state index is 12.1. The first-order valence-corrected chi connectivity index (χ1v) is 8.29. The monoisotopic (exact) mass is 367 g/mol. The lowest BCUT2D eigenvalue weighted by atomic mass is 9.94. The van der Waals surface area contributed by atoms with Crippen LogP contribution in [-0.4, -0.2) is 29.0 Å². The minimum absolute atomic E-state index is 0.318. The summed E-state index contributed by atoms with van der Waals surface area (Å²) < 4.78 is 0. The second-order valence-corrected chi connectivity index (χ2v) is 6.73. The summed E-state index contributed by atoms with van der Waals surface area (Å²) in [6.07, 6.45) is 0.448. The van der Waals surface area contributed by atoms with Crippen LogP contribution in [0.25, 0.3) is 0 Å². The first-order valence-electron chi connectivity index (χ1n) is 8.29. The number of nitrogens with two attached hydrogens (primary N) is 1. The van der Waals surface area contributed by atoms with Crippen molar-refractivity contribution >= 4 is 29.2 Å². The molecule has 0 aliphatic heterocycles. The number of anilines is 1. The Morgan fingerprint density at radius 3 is 2.04 bits per heavy atom. The van der Waals surface area contributed by atoms with E-state index in [9.17, 15) is 19.2 Å². The van der Waals surface area contributed by atoms with Crippen molar-refractivity contribution in [1.29, 1.82) is 0 Å². The number of rotatable bonds is 6. The summed E-state index contributed by atoms with van der Waals surface area (Å²) in [4.78, 5) is 46.4. The highest BCUT2D eigenvalue weighted by Crippen LogP contribution is 2.16. The van der Waals surface area contributed by atoms with Crippen molar-refractivity contribution in [3.63, 3.8) is 0 Å². The van der Waals surface area contributed by atoms with Crippen LogP contribution in [0, 0.1) is 0 Å². The molecule has 0 spiro atoms. The molecule has 0 aliphatic carbocycles. The minimum Gasteiger partial charge on any atom is -0.361 e. The van der Waals surface area contributed by atoms with Gasteiger partial charge in [0, 0.05) is 16.8 Å². The molecular weight excluding hydrogens is 346 g/mol. The number of ketones is 1. The van der Waals surface area contributed by atoms with Crippen molar-refractivity contribution in [2.75, 3.05) is 5.32 Å². The SMILES string of the molecule is CC(C)(Cc1ccc(NC(=O)C(=O)c2ccccc2)cc1)NC(=O)C(N)=O. The van der Waals surface area contributed by atoms with E-state index in [1.54, 1.807) is 68.4 Å². The molecule has 2 aromatic rings. The first-order chi connectivity index (χ1) is 12.7.